The summed E-state index contributed by atoms with van der Waals surface area (Å²) in [4.78, 5) is 18.9. The summed E-state index contributed by atoms with van der Waals surface area (Å²) in [6, 6.07) is 8.22. The van der Waals surface area contributed by atoms with Crippen LogP contribution in [0, 0.1) is 0 Å². The minimum Gasteiger partial charge on any atom is -0.375 e. The van der Waals surface area contributed by atoms with Crippen molar-refractivity contribution in [3.05, 3.63) is 36.2 Å². The van der Waals surface area contributed by atoms with Gasteiger partial charge in [-0.25, -0.2) is 4.98 Å². The standard InChI is InChI=1S/C18H21N5O2S/c1-25-11-16(24)20-14-9-19-22-17(14)12-5-4-8-23(10-12)18-21-13-6-2-3-7-15(13)26-18/h2-3,6-7,9,12H,4-5,8,10-11H2,1H3,(H,19,22)(H,20,24). The number of aromatic amines is 1. The highest BCUT2D eigenvalue weighted by Crippen LogP contribution is 2.35. The number of anilines is 2. The molecule has 0 aliphatic carbocycles. The summed E-state index contributed by atoms with van der Waals surface area (Å²) in [6.45, 7) is 1.89. The smallest absolute Gasteiger partial charge is 0.250 e. The Balaban J connectivity index is 1.52. The molecule has 1 saturated heterocycles. The van der Waals surface area contributed by atoms with Crippen LogP contribution in [0.1, 0.15) is 24.5 Å². The second-order valence-electron chi connectivity index (χ2n) is 6.43. The number of hydrogen-bond acceptors (Lipinski definition) is 6. The van der Waals surface area contributed by atoms with E-state index >= 15 is 0 Å². The lowest BCUT2D eigenvalue weighted by Crippen LogP contribution is -2.34. The van der Waals surface area contributed by atoms with Crippen molar-refractivity contribution in [2.24, 2.45) is 0 Å². The van der Waals surface area contributed by atoms with Crippen LogP contribution < -0.4 is 10.2 Å². The highest BCUT2D eigenvalue weighted by atomic mass is 32.1. The molecule has 136 valence electrons. The minimum absolute atomic E-state index is 0.0348. The van der Waals surface area contributed by atoms with Gasteiger partial charge in [0.15, 0.2) is 5.13 Å². The molecular weight excluding hydrogens is 350 g/mol. The zero-order valence-electron chi connectivity index (χ0n) is 14.6. The summed E-state index contributed by atoms with van der Waals surface area (Å²) < 4.78 is 6.09. The van der Waals surface area contributed by atoms with Gasteiger partial charge < -0.3 is 15.0 Å². The number of methoxy groups -OCH3 is 1. The number of nitrogens with zero attached hydrogens (tertiary/aromatic N) is 3. The quantitative estimate of drug-likeness (QED) is 0.720. The van der Waals surface area contributed by atoms with Crippen LogP contribution in [-0.2, 0) is 9.53 Å². The zero-order valence-corrected chi connectivity index (χ0v) is 15.4. The molecule has 26 heavy (non-hydrogen) atoms. The molecule has 1 atom stereocenters. The summed E-state index contributed by atoms with van der Waals surface area (Å²) >= 11 is 1.73. The monoisotopic (exact) mass is 371 g/mol. The molecular formula is C18H21N5O2S. The number of carbonyl (C=O) groups excluding carboxylic acids is 1. The molecule has 1 unspecified atom stereocenters. The number of nitrogens with one attached hydrogen (secondary N) is 2. The lowest BCUT2D eigenvalue weighted by atomic mass is 9.94. The SMILES string of the molecule is COCC(=O)Nc1cn[nH]c1C1CCCN(c2nc3ccccc3s2)C1. The maximum Gasteiger partial charge on any atom is 0.250 e. The van der Waals surface area contributed by atoms with Crippen LogP contribution in [0.2, 0.25) is 0 Å². The van der Waals surface area contributed by atoms with Gasteiger partial charge in [0.25, 0.3) is 0 Å². The van der Waals surface area contributed by atoms with Crippen LogP contribution in [0.15, 0.2) is 30.5 Å². The number of para-hydroxylation sites is 1. The summed E-state index contributed by atoms with van der Waals surface area (Å²) in [5, 5.41) is 11.1. The van der Waals surface area contributed by atoms with Crippen molar-refractivity contribution in [1.82, 2.24) is 15.2 Å². The molecule has 0 saturated carbocycles. The molecule has 4 rings (SSSR count). The molecule has 8 heteroatoms. The van der Waals surface area contributed by atoms with Gasteiger partial charge in [-0.05, 0) is 25.0 Å². The number of amides is 1. The van der Waals surface area contributed by atoms with E-state index in [2.05, 4.69) is 32.5 Å². The van der Waals surface area contributed by atoms with E-state index in [-0.39, 0.29) is 18.4 Å². The van der Waals surface area contributed by atoms with Gasteiger partial charge in [0.1, 0.15) is 6.61 Å². The van der Waals surface area contributed by atoms with Crippen molar-refractivity contribution < 1.29 is 9.53 Å². The van der Waals surface area contributed by atoms with E-state index in [4.69, 9.17) is 9.72 Å². The van der Waals surface area contributed by atoms with Gasteiger partial charge in [-0.3, -0.25) is 9.89 Å². The first kappa shape index (κ1) is 17.0. The van der Waals surface area contributed by atoms with Gasteiger partial charge in [0.2, 0.25) is 5.91 Å². The maximum absolute atomic E-state index is 11.8. The summed E-state index contributed by atoms with van der Waals surface area (Å²) in [6.07, 6.45) is 3.79. The van der Waals surface area contributed by atoms with Gasteiger partial charge in [0, 0.05) is 26.1 Å². The minimum atomic E-state index is -0.172. The van der Waals surface area contributed by atoms with Crippen molar-refractivity contribution in [3.63, 3.8) is 0 Å². The Hall–Kier alpha value is -2.45. The molecule has 1 amide bonds. The summed E-state index contributed by atoms with van der Waals surface area (Å²) in [5.41, 5.74) is 2.76. The highest BCUT2D eigenvalue weighted by molar-refractivity contribution is 7.22. The first-order chi connectivity index (χ1) is 12.7. The molecule has 7 nitrogen and oxygen atoms in total. The summed E-state index contributed by atoms with van der Waals surface area (Å²) in [5.74, 6) is 0.102. The van der Waals surface area contributed by atoms with E-state index in [1.54, 1.807) is 17.5 Å². The number of carbonyl (C=O) groups is 1. The largest absolute Gasteiger partial charge is 0.375 e. The van der Waals surface area contributed by atoms with Crippen molar-refractivity contribution in [3.8, 4) is 0 Å². The number of hydrogen-bond donors (Lipinski definition) is 2. The molecule has 1 aliphatic rings. The second-order valence-corrected chi connectivity index (χ2v) is 7.44. The fourth-order valence-electron chi connectivity index (χ4n) is 3.41. The lowest BCUT2D eigenvalue weighted by molar-refractivity contribution is -0.119. The van der Waals surface area contributed by atoms with E-state index in [1.807, 2.05) is 12.1 Å². The number of H-pyrrole nitrogens is 1. The maximum atomic E-state index is 11.8. The average Bonchev–Trinajstić information content (AvgIpc) is 3.28. The lowest BCUT2D eigenvalue weighted by Gasteiger charge is -2.32. The van der Waals surface area contributed by atoms with Crippen LogP contribution in [0.3, 0.4) is 0 Å². The van der Waals surface area contributed by atoms with Gasteiger partial charge in [-0.2, -0.15) is 5.10 Å². The molecule has 2 N–H and O–H groups in total. The first-order valence-corrected chi connectivity index (χ1v) is 9.49. The number of rotatable bonds is 5. The number of fused-ring (bicyclic) bond motifs is 1. The topological polar surface area (TPSA) is 83.1 Å². The van der Waals surface area contributed by atoms with E-state index in [9.17, 15) is 4.79 Å². The third kappa shape index (κ3) is 3.42. The van der Waals surface area contributed by atoms with Gasteiger partial charge in [-0.1, -0.05) is 23.5 Å². The molecule has 0 spiro atoms. The molecule has 2 aromatic heterocycles. The van der Waals surface area contributed by atoms with Gasteiger partial charge in [-0.15, -0.1) is 0 Å². The number of piperidine rings is 1. The normalized spacial score (nSPS) is 17.6. The Morgan fingerprint density at radius 3 is 3.19 bits per heavy atom. The van der Waals surface area contributed by atoms with Crippen LogP contribution in [0.25, 0.3) is 10.2 Å². The van der Waals surface area contributed by atoms with E-state index in [0.717, 1.165) is 48.0 Å². The molecule has 0 radical (unpaired) electrons. The fourth-order valence-corrected chi connectivity index (χ4v) is 4.41. The Bertz CT molecular complexity index is 873. The molecule has 1 aliphatic heterocycles. The average molecular weight is 371 g/mol. The third-order valence-corrected chi connectivity index (χ3v) is 5.70. The second kappa shape index (κ2) is 7.43. The Kier molecular flexibility index (Phi) is 4.85. The van der Waals surface area contributed by atoms with Crippen LogP contribution >= 0.6 is 11.3 Å². The number of benzene rings is 1. The first-order valence-electron chi connectivity index (χ1n) is 8.67. The molecule has 0 bridgehead atoms. The summed E-state index contributed by atoms with van der Waals surface area (Å²) in [7, 11) is 1.51. The van der Waals surface area contributed by atoms with Crippen molar-refractivity contribution in [2.75, 3.05) is 37.0 Å². The van der Waals surface area contributed by atoms with Gasteiger partial charge in [0.05, 0.1) is 27.8 Å². The Labute approximate surface area is 155 Å². The van der Waals surface area contributed by atoms with Crippen molar-refractivity contribution in [2.45, 2.75) is 18.8 Å². The number of thiazole rings is 1. The Morgan fingerprint density at radius 2 is 2.35 bits per heavy atom. The van der Waals surface area contributed by atoms with Crippen LogP contribution in [-0.4, -0.2) is 47.9 Å². The Morgan fingerprint density at radius 1 is 1.46 bits per heavy atom. The van der Waals surface area contributed by atoms with E-state index in [0.29, 0.717) is 0 Å². The number of ether oxygens (including phenoxy) is 1. The predicted octanol–water partition coefficient (Wildman–Crippen LogP) is 2.99. The van der Waals surface area contributed by atoms with E-state index < -0.39 is 0 Å². The van der Waals surface area contributed by atoms with Gasteiger partial charge >= 0.3 is 0 Å². The molecule has 3 heterocycles. The van der Waals surface area contributed by atoms with E-state index in [1.165, 1.54) is 11.8 Å². The zero-order chi connectivity index (χ0) is 17.9. The highest BCUT2D eigenvalue weighted by Gasteiger charge is 2.27. The predicted molar refractivity (Wildman–Crippen MR) is 103 cm³/mol. The number of aromatic nitrogens is 3. The third-order valence-electron chi connectivity index (χ3n) is 4.60. The molecule has 1 fully saturated rings. The molecule has 1 aromatic carbocycles. The van der Waals surface area contributed by atoms with Crippen LogP contribution in [0.4, 0.5) is 10.8 Å². The van der Waals surface area contributed by atoms with Crippen molar-refractivity contribution >= 4 is 38.3 Å². The van der Waals surface area contributed by atoms with Crippen molar-refractivity contribution in [1.29, 1.82) is 0 Å². The van der Waals surface area contributed by atoms with Crippen LogP contribution in [0.5, 0.6) is 0 Å². The fraction of sp³-hybridized carbons (Fsp3) is 0.389. The molecule has 3 aromatic rings.